The molecule has 0 aliphatic heterocycles. The summed E-state index contributed by atoms with van der Waals surface area (Å²) in [6, 6.07) is 16.2. The van der Waals surface area contributed by atoms with E-state index in [2.05, 4.69) is 6.92 Å². The highest BCUT2D eigenvalue weighted by molar-refractivity contribution is 5.65. The van der Waals surface area contributed by atoms with Crippen LogP contribution in [0.3, 0.4) is 0 Å². The van der Waals surface area contributed by atoms with Gasteiger partial charge in [0.05, 0.1) is 6.61 Å². The first-order valence-electron chi connectivity index (χ1n) is 13.9. The molecule has 1 saturated carbocycles. The summed E-state index contributed by atoms with van der Waals surface area (Å²) < 4.78 is 50.3. The van der Waals surface area contributed by atoms with Gasteiger partial charge in [-0.2, -0.15) is 0 Å². The zero-order valence-electron chi connectivity index (χ0n) is 22.2. The minimum Gasteiger partial charge on any atom is -0.493 e. The molecule has 1 aliphatic carbocycles. The van der Waals surface area contributed by atoms with Crippen molar-refractivity contribution in [3.8, 4) is 16.9 Å². The van der Waals surface area contributed by atoms with Crippen LogP contribution in [0.4, 0.5) is 13.2 Å². The average Bonchev–Trinajstić information content (AvgIpc) is 2.91. The highest BCUT2D eigenvalue weighted by Gasteiger charge is 2.26. The van der Waals surface area contributed by atoms with E-state index in [-0.39, 0.29) is 11.7 Å². The molecule has 0 heterocycles. The van der Waals surface area contributed by atoms with E-state index in [1.807, 2.05) is 43.3 Å². The molecule has 0 spiro atoms. The van der Waals surface area contributed by atoms with Crippen molar-refractivity contribution >= 4 is 0 Å². The molecule has 1 nitrogen and oxygen atoms in total. The molecule has 0 atom stereocenters. The van der Waals surface area contributed by atoms with Crippen molar-refractivity contribution in [3.63, 3.8) is 0 Å². The molecule has 4 rings (SSSR count). The minimum absolute atomic E-state index is 0.0308. The zero-order chi connectivity index (χ0) is 26.2. The monoisotopic (exact) mass is 508 g/mol. The van der Waals surface area contributed by atoms with E-state index < -0.39 is 11.6 Å². The molecule has 0 unspecified atom stereocenters. The average molecular weight is 509 g/mol. The van der Waals surface area contributed by atoms with Gasteiger partial charge in [0.15, 0.2) is 11.6 Å². The van der Waals surface area contributed by atoms with Crippen molar-refractivity contribution in [2.75, 3.05) is 6.61 Å². The van der Waals surface area contributed by atoms with Crippen molar-refractivity contribution < 1.29 is 17.9 Å². The van der Waals surface area contributed by atoms with E-state index in [4.69, 9.17) is 4.74 Å². The van der Waals surface area contributed by atoms with Gasteiger partial charge in [-0.3, -0.25) is 0 Å². The minimum atomic E-state index is -0.757. The van der Waals surface area contributed by atoms with Crippen LogP contribution >= 0.6 is 0 Å². The second-order valence-corrected chi connectivity index (χ2v) is 10.6. The Hall–Kier alpha value is -2.75. The maximum absolute atomic E-state index is 15.1. The van der Waals surface area contributed by atoms with Crippen LogP contribution in [0.5, 0.6) is 5.75 Å². The standard InChI is InChI=1S/C33H39F3O/c1-3-4-5-6-21-37-28-18-17-27(31(34)22-28)16-11-24-9-14-26(15-10-24)30-20-19-29(32(35)33(30)36)25-12-7-23(2)8-13-25/h7-8,12-13,17-20,22,24,26H,3-6,9-11,14-16,21H2,1-2H3. The van der Waals surface area contributed by atoms with Gasteiger partial charge in [0.2, 0.25) is 0 Å². The summed E-state index contributed by atoms with van der Waals surface area (Å²) in [5.74, 6) is -0.566. The van der Waals surface area contributed by atoms with Gasteiger partial charge < -0.3 is 4.74 Å². The van der Waals surface area contributed by atoms with Gasteiger partial charge in [0, 0.05) is 11.6 Å². The van der Waals surface area contributed by atoms with Gasteiger partial charge in [-0.15, -0.1) is 0 Å². The Balaban J connectivity index is 1.27. The van der Waals surface area contributed by atoms with Gasteiger partial charge in [0.1, 0.15) is 11.6 Å². The van der Waals surface area contributed by atoms with Crippen molar-refractivity contribution in [3.05, 3.63) is 88.7 Å². The molecule has 0 radical (unpaired) electrons. The molecular formula is C33H39F3O. The fourth-order valence-electron chi connectivity index (χ4n) is 5.50. The summed E-state index contributed by atoms with van der Waals surface area (Å²) in [4.78, 5) is 0. The smallest absolute Gasteiger partial charge is 0.166 e. The van der Waals surface area contributed by atoms with E-state index in [1.54, 1.807) is 12.1 Å². The van der Waals surface area contributed by atoms with Crippen LogP contribution in [-0.4, -0.2) is 6.61 Å². The molecule has 0 amide bonds. The highest BCUT2D eigenvalue weighted by atomic mass is 19.2. The molecule has 0 bridgehead atoms. The summed E-state index contributed by atoms with van der Waals surface area (Å²) in [6.45, 7) is 4.77. The number of hydrogen-bond acceptors (Lipinski definition) is 1. The number of benzene rings is 3. The van der Waals surface area contributed by atoms with Crippen molar-refractivity contribution in [2.24, 2.45) is 5.92 Å². The van der Waals surface area contributed by atoms with Gasteiger partial charge in [-0.1, -0.05) is 74.2 Å². The van der Waals surface area contributed by atoms with E-state index in [0.29, 0.717) is 41.4 Å². The molecule has 3 aromatic carbocycles. The fraction of sp³-hybridized carbons (Fsp3) is 0.455. The Bertz CT molecular complexity index is 1150. The first-order valence-corrected chi connectivity index (χ1v) is 13.9. The second-order valence-electron chi connectivity index (χ2n) is 10.6. The quantitative estimate of drug-likeness (QED) is 0.234. The topological polar surface area (TPSA) is 9.23 Å². The summed E-state index contributed by atoms with van der Waals surface area (Å²) in [6.07, 6.45) is 9.67. The Kier molecular flexibility index (Phi) is 9.71. The predicted molar refractivity (Wildman–Crippen MR) is 146 cm³/mol. The van der Waals surface area contributed by atoms with Gasteiger partial charge in [-0.25, -0.2) is 13.2 Å². The van der Waals surface area contributed by atoms with Crippen LogP contribution in [0.2, 0.25) is 0 Å². The third-order valence-corrected chi connectivity index (χ3v) is 7.87. The molecule has 1 aliphatic rings. The molecule has 1 fully saturated rings. The van der Waals surface area contributed by atoms with Crippen LogP contribution in [0.15, 0.2) is 54.6 Å². The van der Waals surface area contributed by atoms with Crippen molar-refractivity contribution in [2.45, 2.75) is 84.0 Å². The van der Waals surface area contributed by atoms with E-state index >= 15 is 4.39 Å². The highest BCUT2D eigenvalue weighted by Crippen LogP contribution is 2.40. The summed E-state index contributed by atoms with van der Waals surface area (Å²) in [5, 5.41) is 0. The normalized spacial score (nSPS) is 17.6. The molecule has 0 aromatic heterocycles. The molecule has 4 heteroatoms. The first kappa shape index (κ1) is 27.3. The Morgan fingerprint density at radius 2 is 1.57 bits per heavy atom. The fourth-order valence-corrected chi connectivity index (χ4v) is 5.50. The van der Waals surface area contributed by atoms with E-state index in [0.717, 1.165) is 56.1 Å². The Morgan fingerprint density at radius 3 is 2.27 bits per heavy atom. The largest absolute Gasteiger partial charge is 0.493 e. The lowest BCUT2D eigenvalue weighted by Gasteiger charge is -2.29. The van der Waals surface area contributed by atoms with Crippen LogP contribution in [0.1, 0.15) is 87.3 Å². The van der Waals surface area contributed by atoms with Crippen LogP contribution in [-0.2, 0) is 6.42 Å². The zero-order valence-corrected chi connectivity index (χ0v) is 22.2. The second kappa shape index (κ2) is 13.2. The van der Waals surface area contributed by atoms with Gasteiger partial charge in [0.25, 0.3) is 0 Å². The third kappa shape index (κ3) is 7.18. The van der Waals surface area contributed by atoms with Crippen molar-refractivity contribution in [1.82, 2.24) is 0 Å². The SMILES string of the molecule is CCCCCCOc1ccc(CCC2CCC(c3ccc(-c4ccc(C)cc4)c(F)c3F)CC2)c(F)c1. The number of halogens is 3. The van der Waals surface area contributed by atoms with Gasteiger partial charge >= 0.3 is 0 Å². The van der Waals surface area contributed by atoms with E-state index in [1.165, 1.54) is 18.9 Å². The molecule has 0 N–H and O–H groups in total. The molecule has 37 heavy (non-hydrogen) atoms. The number of rotatable bonds is 11. The van der Waals surface area contributed by atoms with Crippen LogP contribution < -0.4 is 4.74 Å². The Labute approximate surface area is 220 Å². The third-order valence-electron chi connectivity index (χ3n) is 7.87. The predicted octanol–water partition coefficient (Wildman–Crippen LogP) is 9.95. The van der Waals surface area contributed by atoms with Gasteiger partial charge in [-0.05, 0) is 86.5 Å². The molecule has 198 valence electrons. The molecule has 3 aromatic rings. The number of hydrogen-bond donors (Lipinski definition) is 0. The number of aryl methyl sites for hydroxylation is 2. The number of ether oxygens (including phenoxy) is 1. The maximum atomic E-state index is 15.1. The molecular weight excluding hydrogens is 469 g/mol. The first-order chi connectivity index (χ1) is 18.0. The lowest BCUT2D eigenvalue weighted by Crippen LogP contribution is -2.16. The Morgan fingerprint density at radius 1 is 0.811 bits per heavy atom. The van der Waals surface area contributed by atoms with Crippen LogP contribution in [0.25, 0.3) is 11.1 Å². The number of unbranched alkanes of at least 4 members (excludes halogenated alkanes) is 3. The van der Waals surface area contributed by atoms with Crippen molar-refractivity contribution in [1.29, 1.82) is 0 Å². The summed E-state index contributed by atoms with van der Waals surface area (Å²) in [5.41, 5.74) is 3.30. The van der Waals surface area contributed by atoms with E-state index in [9.17, 15) is 8.78 Å². The maximum Gasteiger partial charge on any atom is 0.166 e. The van der Waals surface area contributed by atoms with Crippen LogP contribution in [0, 0.1) is 30.3 Å². The molecule has 0 saturated heterocycles. The summed E-state index contributed by atoms with van der Waals surface area (Å²) in [7, 11) is 0. The lowest BCUT2D eigenvalue weighted by atomic mass is 9.76. The lowest BCUT2D eigenvalue weighted by molar-refractivity contribution is 0.301. The summed E-state index contributed by atoms with van der Waals surface area (Å²) >= 11 is 0.